The van der Waals surface area contributed by atoms with Crippen LogP contribution in [0.5, 0.6) is 0 Å². The molecule has 4 rings (SSSR count). The van der Waals surface area contributed by atoms with E-state index in [1.165, 1.54) is 0 Å². The molecule has 1 heterocycles. The Labute approximate surface area is 200 Å². The van der Waals surface area contributed by atoms with Gasteiger partial charge in [0, 0.05) is 42.0 Å². The van der Waals surface area contributed by atoms with Crippen LogP contribution in [-0.2, 0) is 16.1 Å². The molecule has 7 heteroatoms. The van der Waals surface area contributed by atoms with Gasteiger partial charge in [-0.2, -0.15) is 9.28 Å². The standard InChI is InChI=1S/C27H32N2O5/c1-3-28(26(32)18(2)16-24(30)31)25-20-12-7-8-14-22(20)29(27(33)34,23-15-9-13-21(23)25)17-19-10-5-4-6-11-19/h4-8,10-12,14,18,21,23,25H,3,9,13,15-17H2,1-2H3,(H-,30,31,33,34)/p+1/t18-,21+,23-,25+,29-/m1/s1. The number of benzene rings is 2. The molecule has 0 saturated heterocycles. The van der Waals surface area contributed by atoms with Crippen LogP contribution >= 0.6 is 0 Å². The first-order valence-electron chi connectivity index (χ1n) is 12.1. The molecule has 1 fully saturated rings. The van der Waals surface area contributed by atoms with Crippen molar-refractivity contribution in [3.63, 3.8) is 0 Å². The van der Waals surface area contributed by atoms with Gasteiger partial charge in [0.25, 0.3) is 0 Å². The number of nitrogens with zero attached hydrogens (tertiary/aromatic N) is 2. The molecule has 0 radical (unpaired) electrons. The van der Waals surface area contributed by atoms with E-state index in [4.69, 9.17) is 0 Å². The molecule has 2 aromatic carbocycles. The molecule has 180 valence electrons. The maximum Gasteiger partial charge on any atom is 0.519 e. The summed E-state index contributed by atoms with van der Waals surface area (Å²) in [5, 5.41) is 20.0. The van der Waals surface area contributed by atoms with Gasteiger partial charge in [-0.15, -0.1) is 0 Å². The lowest BCUT2D eigenvalue weighted by molar-refractivity contribution is -0.146. The zero-order valence-corrected chi connectivity index (χ0v) is 19.8. The molecular weight excluding hydrogens is 432 g/mol. The number of carboxylic acid groups (broad SMARTS) is 2. The average molecular weight is 466 g/mol. The molecule has 2 aromatic rings. The summed E-state index contributed by atoms with van der Waals surface area (Å²) in [5.41, 5.74) is 2.55. The molecule has 2 amide bonds. The zero-order chi connectivity index (χ0) is 24.5. The Kier molecular flexibility index (Phi) is 6.75. The van der Waals surface area contributed by atoms with E-state index >= 15 is 0 Å². The lowest BCUT2D eigenvalue weighted by Crippen LogP contribution is -2.65. The molecule has 5 atom stereocenters. The number of aliphatic carboxylic acids is 1. The SMILES string of the molecule is CCN(C(=O)[C@H](C)CC(=O)O)[C@H]1c2ccccc2[N@@+](Cc2ccccc2)(C(=O)O)[C@@H]2CCC[C@@H]21. The van der Waals surface area contributed by atoms with Crippen LogP contribution in [0.25, 0.3) is 0 Å². The summed E-state index contributed by atoms with van der Waals surface area (Å²) in [6.45, 7) is 4.36. The number of hydrogen-bond donors (Lipinski definition) is 2. The van der Waals surface area contributed by atoms with Crippen molar-refractivity contribution in [1.29, 1.82) is 0 Å². The van der Waals surface area contributed by atoms with Crippen LogP contribution in [0.15, 0.2) is 54.6 Å². The third kappa shape index (κ3) is 3.98. The summed E-state index contributed by atoms with van der Waals surface area (Å²) in [7, 11) is 0. The first kappa shape index (κ1) is 24.0. The number of carbonyl (C=O) groups excluding carboxylic acids is 1. The van der Waals surface area contributed by atoms with Gasteiger partial charge in [0.05, 0.1) is 12.5 Å². The van der Waals surface area contributed by atoms with Crippen molar-refractivity contribution in [2.75, 3.05) is 6.54 Å². The quantitative estimate of drug-likeness (QED) is 0.558. The molecule has 0 unspecified atom stereocenters. The van der Waals surface area contributed by atoms with E-state index in [0.29, 0.717) is 13.1 Å². The topological polar surface area (TPSA) is 94.9 Å². The Balaban J connectivity index is 1.86. The van der Waals surface area contributed by atoms with Gasteiger partial charge in [-0.1, -0.05) is 55.5 Å². The summed E-state index contributed by atoms with van der Waals surface area (Å²) in [5.74, 6) is -1.84. The number of quaternary nitrogens is 1. The lowest BCUT2D eigenvalue weighted by Gasteiger charge is -2.50. The van der Waals surface area contributed by atoms with E-state index < -0.39 is 18.0 Å². The highest BCUT2D eigenvalue weighted by Gasteiger charge is 2.60. The summed E-state index contributed by atoms with van der Waals surface area (Å²) in [6.07, 6.45) is 1.41. The molecule has 7 nitrogen and oxygen atoms in total. The maximum atomic E-state index is 13.4. The summed E-state index contributed by atoms with van der Waals surface area (Å²) >= 11 is 0. The zero-order valence-electron chi connectivity index (χ0n) is 19.8. The Morgan fingerprint density at radius 3 is 2.35 bits per heavy atom. The molecule has 0 spiro atoms. The fourth-order valence-corrected chi connectivity index (χ4v) is 6.30. The van der Waals surface area contributed by atoms with Crippen LogP contribution in [0.4, 0.5) is 10.5 Å². The minimum atomic E-state index is -0.996. The van der Waals surface area contributed by atoms with Crippen molar-refractivity contribution in [1.82, 2.24) is 9.38 Å². The molecule has 1 saturated carbocycles. The summed E-state index contributed by atoms with van der Waals surface area (Å²) in [4.78, 5) is 39.6. The minimum Gasteiger partial charge on any atom is -0.481 e. The lowest BCUT2D eigenvalue weighted by atomic mass is 9.79. The predicted molar refractivity (Wildman–Crippen MR) is 129 cm³/mol. The third-order valence-electron chi connectivity index (χ3n) is 7.67. The van der Waals surface area contributed by atoms with E-state index in [9.17, 15) is 24.6 Å². The predicted octanol–water partition coefficient (Wildman–Crippen LogP) is 5.05. The van der Waals surface area contributed by atoms with Gasteiger partial charge >= 0.3 is 12.1 Å². The maximum absolute atomic E-state index is 13.4. The number of para-hydroxylation sites is 1. The highest BCUT2D eigenvalue weighted by Crippen LogP contribution is 2.54. The first-order valence-corrected chi connectivity index (χ1v) is 12.1. The van der Waals surface area contributed by atoms with Gasteiger partial charge in [0.15, 0.2) is 0 Å². The molecule has 2 aliphatic rings. The molecular formula is C27H33N2O5+. The van der Waals surface area contributed by atoms with Crippen molar-refractivity contribution >= 4 is 23.7 Å². The van der Waals surface area contributed by atoms with Gasteiger partial charge in [0.1, 0.15) is 18.3 Å². The number of rotatable bonds is 7. The Morgan fingerprint density at radius 1 is 1.03 bits per heavy atom. The van der Waals surface area contributed by atoms with Crippen molar-refractivity contribution in [3.05, 3.63) is 65.7 Å². The number of carboxylic acids is 1. The summed E-state index contributed by atoms with van der Waals surface area (Å²) < 4.78 is -0.169. The molecule has 0 aromatic heterocycles. The largest absolute Gasteiger partial charge is 0.519 e. The number of fused-ring (bicyclic) bond motifs is 2. The monoisotopic (exact) mass is 465 g/mol. The van der Waals surface area contributed by atoms with Gasteiger partial charge < -0.3 is 15.1 Å². The summed E-state index contributed by atoms with van der Waals surface area (Å²) in [6, 6.07) is 16.9. The average Bonchev–Trinajstić information content (AvgIpc) is 3.31. The third-order valence-corrected chi connectivity index (χ3v) is 7.67. The van der Waals surface area contributed by atoms with Gasteiger partial charge in [-0.05, 0) is 19.8 Å². The van der Waals surface area contributed by atoms with E-state index in [0.717, 1.165) is 36.1 Å². The van der Waals surface area contributed by atoms with Crippen molar-refractivity contribution in [2.24, 2.45) is 11.8 Å². The Bertz CT molecular complexity index is 1070. The fourth-order valence-electron chi connectivity index (χ4n) is 6.30. The van der Waals surface area contributed by atoms with Crippen LogP contribution in [0.3, 0.4) is 0 Å². The smallest absolute Gasteiger partial charge is 0.481 e. The number of hydrogen-bond acceptors (Lipinski definition) is 3. The van der Waals surface area contributed by atoms with Crippen molar-refractivity contribution in [3.8, 4) is 0 Å². The second kappa shape index (κ2) is 9.58. The van der Waals surface area contributed by atoms with Gasteiger partial charge in [-0.3, -0.25) is 9.59 Å². The van der Waals surface area contributed by atoms with Crippen LogP contribution < -0.4 is 4.48 Å². The molecule has 1 aliphatic carbocycles. The molecule has 34 heavy (non-hydrogen) atoms. The van der Waals surface area contributed by atoms with E-state index in [1.807, 2.05) is 61.5 Å². The minimum absolute atomic E-state index is 0.0179. The second-order valence-electron chi connectivity index (χ2n) is 9.58. The van der Waals surface area contributed by atoms with Crippen LogP contribution in [-0.4, -0.2) is 45.7 Å². The van der Waals surface area contributed by atoms with Crippen LogP contribution in [0.1, 0.15) is 56.7 Å². The fraction of sp³-hybridized carbons (Fsp3) is 0.444. The number of amides is 2. The van der Waals surface area contributed by atoms with E-state index in [2.05, 4.69) is 0 Å². The van der Waals surface area contributed by atoms with Gasteiger partial charge in [-0.25, -0.2) is 0 Å². The highest BCUT2D eigenvalue weighted by atomic mass is 16.4. The van der Waals surface area contributed by atoms with E-state index in [-0.39, 0.29) is 34.8 Å². The molecule has 1 aliphatic heterocycles. The van der Waals surface area contributed by atoms with E-state index in [1.54, 1.807) is 11.8 Å². The number of carbonyl (C=O) groups is 3. The van der Waals surface area contributed by atoms with Crippen LogP contribution in [0.2, 0.25) is 0 Å². The molecule has 2 N–H and O–H groups in total. The second-order valence-corrected chi connectivity index (χ2v) is 9.58. The Morgan fingerprint density at radius 2 is 1.71 bits per heavy atom. The molecule has 0 bridgehead atoms. The van der Waals surface area contributed by atoms with Crippen LogP contribution in [0, 0.1) is 11.8 Å². The van der Waals surface area contributed by atoms with Crippen molar-refractivity contribution < 1.29 is 24.6 Å². The van der Waals surface area contributed by atoms with Gasteiger partial charge in [0.2, 0.25) is 5.91 Å². The normalized spacial score (nSPS) is 26.2. The van der Waals surface area contributed by atoms with Crippen molar-refractivity contribution in [2.45, 2.75) is 58.2 Å². The Hall–Kier alpha value is -3.19. The highest BCUT2D eigenvalue weighted by molar-refractivity contribution is 5.86. The first-order chi connectivity index (χ1) is 16.3.